The normalized spacial score (nSPS) is 29.6. The summed E-state index contributed by atoms with van der Waals surface area (Å²) < 4.78 is 28.9. The molecule has 9 heteroatoms. The second-order valence-corrected chi connectivity index (χ2v) is 10.0. The Hall–Kier alpha value is -2.84. The van der Waals surface area contributed by atoms with Crippen LogP contribution in [0.5, 0.6) is 0 Å². The molecule has 3 amide bonds. The van der Waals surface area contributed by atoms with Crippen molar-refractivity contribution in [1.29, 1.82) is 0 Å². The van der Waals surface area contributed by atoms with Crippen molar-refractivity contribution >= 4 is 22.8 Å². The van der Waals surface area contributed by atoms with Crippen molar-refractivity contribution in [3.05, 3.63) is 39.9 Å². The summed E-state index contributed by atoms with van der Waals surface area (Å²) in [6.07, 6.45) is 0.796. The van der Waals surface area contributed by atoms with E-state index in [4.69, 9.17) is 0 Å². The maximum atomic E-state index is 13.6. The van der Waals surface area contributed by atoms with E-state index in [1.807, 2.05) is 19.1 Å². The lowest BCUT2D eigenvalue weighted by Gasteiger charge is -2.35. The van der Waals surface area contributed by atoms with Crippen molar-refractivity contribution in [3.63, 3.8) is 0 Å². The first kappa shape index (κ1) is 24.3. The molecule has 34 heavy (non-hydrogen) atoms. The van der Waals surface area contributed by atoms with Crippen LogP contribution in [0.4, 0.5) is 13.6 Å². The molecule has 0 aromatic carbocycles. The van der Waals surface area contributed by atoms with Gasteiger partial charge in [-0.2, -0.15) is 0 Å². The van der Waals surface area contributed by atoms with Crippen LogP contribution >= 0.6 is 0 Å². The fourth-order valence-electron chi connectivity index (χ4n) is 5.48. The standard InChI is InChI=1S/C25H32F2N4O3/c1-13-4-5-19(29-25(34)30-23(32)15-7-17(26)10-18(27)8-15)11-20(13)21-9-16-12-28-14(2)6-22(16)31(3)24(21)33/h6,9,12-13,15,17-20H,4-5,7-8,10-11H2,1-3H3,(H2,29,30,32,34). The van der Waals surface area contributed by atoms with Crippen LogP contribution in [-0.4, -0.2) is 39.9 Å². The minimum Gasteiger partial charge on any atom is -0.335 e. The van der Waals surface area contributed by atoms with Gasteiger partial charge in [-0.05, 0) is 63.0 Å². The molecule has 2 saturated carbocycles. The number of urea groups is 1. The van der Waals surface area contributed by atoms with E-state index in [0.717, 1.165) is 29.4 Å². The number of nitrogens with zero attached hydrogens (tertiary/aromatic N) is 2. The highest BCUT2D eigenvalue weighted by Gasteiger charge is 2.35. The summed E-state index contributed by atoms with van der Waals surface area (Å²) in [4.78, 5) is 42.4. The number of rotatable bonds is 3. The van der Waals surface area contributed by atoms with Crippen LogP contribution in [0.3, 0.4) is 0 Å². The van der Waals surface area contributed by atoms with Crippen LogP contribution in [0.2, 0.25) is 0 Å². The number of halogens is 2. The molecule has 0 spiro atoms. The number of aromatic nitrogens is 2. The molecule has 2 aliphatic rings. The number of nitrogens with one attached hydrogen (secondary N) is 2. The Morgan fingerprint density at radius 2 is 1.79 bits per heavy atom. The van der Waals surface area contributed by atoms with Crippen LogP contribution in [0.25, 0.3) is 10.9 Å². The third-order valence-corrected chi connectivity index (χ3v) is 7.40. The topological polar surface area (TPSA) is 93.1 Å². The first-order valence-electron chi connectivity index (χ1n) is 12.0. The number of hydrogen-bond acceptors (Lipinski definition) is 4. The summed E-state index contributed by atoms with van der Waals surface area (Å²) in [5, 5.41) is 5.98. The first-order chi connectivity index (χ1) is 16.1. The summed E-state index contributed by atoms with van der Waals surface area (Å²) >= 11 is 0. The maximum Gasteiger partial charge on any atom is 0.321 e. The zero-order chi connectivity index (χ0) is 24.6. The Balaban J connectivity index is 1.45. The van der Waals surface area contributed by atoms with Crippen LogP contribution in [0.1, 0.15) is 62.6 Å². The summed E-state index contributed by atoms with van der Waals surface area (Å²) in [6.45, 7) is 3.98. The highest BCUT2D eigenvalue weighted by atomic mass is 19.1. The molecule has 0 saturated heterocycles. The number of fused-ring (bicyclic) bond motifs is 1. The van der Waals surface area contributed by atoms with Crippen molar-refractivity contribution in [2.24, 2.45) is 18.9 Å². The van der Waals surface area contributed by atoms with Gasteiger partial charge in [-0.15, -0.1) is 0 Å². The van der Waals surface area contributed by atoms with Gasteiger partial charge in [0, 0.05) is 48.3 Å². The number of hydrogen-bond donors (Lipinski definition) is 2. The van der Waals surface area contributed by atoms with Gasteiger partial charge in [0.2, 0.25) is 5.91 Å². The molecule has 2 fully saturated rings. The van der Waals surface area contributed by atoms with Crippen LogP contribution in [-0.2, 0) is 11.8 Å². The third-order valence-electron chi connectivity index (χ3n) is 7.40. The van der Waals surface area contributed by atoms with Gasteiger partial charge in [-0.1, -0.05) is 6.92 Å². The van der Waals surface area contributed by atoms with Crippen LogP contribution in [0, 0.1) is 18.8 Å². The summed E-state index contributed by atoms with van der Waals surface area (Å²) in [5.74, 6) is -1.30. The molecule has 5 atom stereocenters. The quantitative estimate of drug-likeness (QED) is 0.707. The Labute approximate surface area is 197 Å². The predicted octanol–water partition coefficient (Wildman–Crippen LogP) is 3.82. The maximum absolute atomic E-state index is 13.6. The molecule has 0 aliphatic heterocycles. The third kappa shape index (κ3) is 5.13. The van der Waals surface area contributed by atoms with Crippen molar-refractivity contribution in [2.45, 2.75) is 76.7 Å². The zero-order valence-electron chi connectivity index (χ0n) is 19.8. The van der Waals surface area contributed by atoms with Gasteiger partial charge < -0.3 is 9.88 Å². The molecule has 2 heterocycles. The van der Waals surface area contributed by atoms with Crippen LogP contribution < -0.4 is 16.2 Å². The Kier molecular flexibility index (Phi) is 7.00. The molecule has 2 aliphatic carbocycles. The van der Waals surface area contributed by atoms with Gasteiger partial charge >= 0.3 is 6.03 Å². The van der Waals surface area contributed by atoms with Crippen molar-refractivity contribution in [3.8, 4) is 0 Å². The molecule has 2 aromatic heterocycles. The monoisotopic (exact) mass is 474 g/mol. The van der Waals surface area contributed by atoms with Crippen LogP contribution in [0.15, 0.2) is 23.1 Å². The lowest BCUT2D eigenvalue weighted by Crippen LogP contribution is -2.49. The molecule has 0 bridgehead atoms. The van der Waals surface area contributed by atoms with Gasteiger partial charge in [-0.25, -0.2) is 13.6 Å². The number of pyridine rings is 2. The number of carbonyl (C=O) groups is 2. The highest BCUT2D eigenvalue weighted by Crippen LogP contribution is 2.37. The molecular formula is C25H32F2N4O3. The SMILES string of the molecule is Cc1cc2c(cn1)cc(C1CC(NC(=O)NC(=O)C3CC(F)CC(F)C3)CCC1C)c(=O)n2C. The lowest BCUT2D eigenvalue weighted by molar-refractivity contribution is -0.126. The number of alkyl halides is 2. The van der Waals surface area contributed by atoms with Gasteiger partial charge in [0.05, 0.1) is 5.52 Å². The molecule has 5 unspecified atom stereocenters. The van der Waals surface area contributed by atoms with E-state index >= 15 is 0 Å². The minimum absolute atomic E-state index is 0.0582. The fourth-order valence-corrected chi connectivity index (χ4v) is 5.48. The largest absolute Gasteiger partial charge is 0.335 e. The van der Waals surface area contributed by atoms with E-state index in [-0.39, 0.29) is 42.7 Å². The van der Waals surface area contributed by atoms with Gasteiger partial charge in [0.1, 0.15) is 12.3 Å². The molecule has 2 N–H and O–H groups in total. The average Bonchev–Trinajstić information content (AvgIpc) is 2.77. The Bertz CT molecular complexity index is 1140. The Morgan fingerprint density at radius 3 is 2.50 bits per heavy atom. The average molecular weight is 475 g/mol. The molecule has 4 rings (SSSR count). The first-order valence-corrected chi connectivity index (χ1v) is 12.0. The second-order valence-electron chi connectivity index (χ2n) is 10.0. The smallest absolute Gasteiger partial charge is 0.321 e. The van der Waals surface area contributed by atoms with Crippen molar-refractivity contribution in [1.82, 2.24) is 20.2 Å². The minimum atomic E-state index is -1.37. The number of aryl methyl sites for hydroxylation is 2. The second kappa shape index (κ2) is 9.80. The molecular weight excluding hydrogens is 442 g/mol. The van der Waals surface area contributed by atoms with Gasteiger partial charge in [0.15, 0.2) is 0 Å². The Morgan fingerprint density at radius 1 is 1.09 bits per heavy atom. The molecule has 2 aromatic rings. The molecule has 7 nitrogen and oxygen atoms in total. The van der Waals surface area contributed by atoms with E-state index in [0.29, 0.717) is 12.0 Å². The number of amides is 3. The van der Waals surface area contributed by atoms with E-state index in [1.54, 1.807) is 17.8 Å². The summed E-state index contributed by atoms with van der Waals surface area (Å²) in [6, 6.07) is 2.91. The van der Waals surface area contributed by atoms with E-state index in [2.05, 4.69) is 22.5 Å². The molecule has 0 radical (unpaired) electrons. The predicted molar refractivity (Wildman–Crippen MR) is 125 cm³/mol. The van der Waals surface area contributed by atoms with E-state index in [1.165, 1.54) is 0 Å². The summed E-state index contributed by atoms with van der Waals surface area (Å²) in [7, 11) is 1.76. The highest BCUT2D eigenvalue weighted by molar-refractivity contribution is 5.95. The van der Waals surface area contributed by atoms with Gasteiger partial charge in [0.25, 0.3) is 5.56 Å². The van der Waals surface area contributed by atoms with Gasteiger partial charge in [-0.3, -0.25) is 19.9 Å². The van der Waals surface area contributed by atoms with Crippen molar-refractivity contribution in [2.75, 3.05) is 0 Å². The summed E-state index contributed by atoms with van der Waals surface area (Å²) in [5.41, 5.74) is 2.30. The molecule has 184 valence electrons. The number of imide groups is 1. The van der Waals surface area contributed by atoms with E-state index < -0.39 is 30.2 Å². The van der Waals surface area contributed by atoms with Crippen molar-refractivity contribution < 1.29 is 18.4 Å². The fraction of sp³-hybridized carbons (Fsp3) is 0.600. The zero-order valence-corrected chi connectivity index (χ0v) is 19.8. The lowest BCUT2D eigenvalue weighted by atomic mass is 9.74. The number of carbonyl (C=O) groups excluding carboxylic acids is 2. The van der Waals surface area contributed by atoms with E-state index in [9.17, 15) is 23.2 Å².